The number of ketones is 1. The first-order chi connectivity index (χ1) is 16.0. The van der Waals surface area contributed by atoms with Crippen molar-refractivity contribution in [3.63, 3.8) is 0 Å². The monoisotopic (exact) mass is 446 g/mol. The number of carboxylic acid groups (broad SMARTS) is 1. The number of Topliss-reactive ketones (excluding diaryl/α,β-unsaturated/α-hetero) is 1. The number of aromatic carboxylic acids is 1. The maximum Gasteiger partial charge on any atom is 0.355 e. The Hall–Kier alpha value is -3.35. The van der Waals surface area contributed by atoms with Crippen molar-refractivity contribution in [1.82, 2.24) is 19.7 Å². The summed E-state index contributed by atoms with van der Waals surface area (Å²) in [5.41, 5.74) is 2.44. The minimum atomic E-state index is -1.05. The maximum atomic E-state index is 12.8. The molecule has 2 aromatic heterocycles. The van der Waals surface area contributed by atoms with Crippen LogP contribution in [-0.2, 0) is 13.0 Å². The number of aromatic nitrogens is 4. The predicted octanol–water partition coefficient (Wildman–Crippen LogP) is 5.19. The van der Waals surface area contributed by atoms with E-state index in [2.05, 4.69) is 22.0 Å². The molecule has 2 heterocycles. The van der Waals surface area contributed by atoms with E-state index in [1.165, 1.54) is 25.5 Å². The number of hydrogen-bond acceptors (Lipinski definition) is 5. The Bertz CT molecular complexity index is 1110. The number of carbonyl (C=O) groups excluding carboxylic acids is 1. The van der Waals surface area contributed by atoms with E-state index in [4.69, 9.17) is 0 Å². The van der Waals surface area contributed by atoms with Crippen LogP contribution in [0.4, 0.5) is 0 Å². The van der Waals surface area contributed by atoms with Crippen LogP contribution >= 0.6 is 0 Å². The lowest BCUT2D eigenvalue weighted by molar-refractivity contribution is 0.0691. The number of aryl methyl sites for hydroxylation is 1. The normalized spacial score (nSPS) is 14.3. The summed E-state index contributed by atoms with van der Waals surface area (Å²) in [5.74, 6) is 0.578. The second kappa shape index (κ2) is 10.5. The van der Waals surface area contributed by atoms with E-state index in [0.717, 1.165) is 42.8 Å². The van der Waals surface area contributed by atoms with Crippen molar-refractivity contribution in [1.29, 1.82) is 0 Å². The van der Waals surface area contributed by atoms with Gasteiger partial charge in [-0.15, -0.1) is 5.10 Å². The van der Waals surface area contributed by atoms with Crippen molar-refractivity contribution < 1.29 is 14.7 Å². The second-order valence-electron chi connectivity index (χ2n) is 8.78. The molecule has 1 fully saturated rings. The highest BCUT2D eigenvalue weighted by molar-refractivity contribution is 5.94. The molecule has 0 saturated heterocycles. The largest absolute Gasteiger partial charge is 0.476 e. The Labute approximate surface area is 193 Å². The highest BCUT2D eigenvalue weighted by Gasteiger charge is 2.22. The maximum absolute atomic E-state index is 12.8. The molecule has 1 N–H and O–H groups in total. The third-order valence-electron chi connectivity index (χ3n) is 6.27. The SMILES string of the molecule is CCCn1nc(C(=O)CC2CCCCC2)nc1Cc1ccc(-c2cccnc2C(=O)O)cc1. The lowest BCUT2D eigenvalue weighted by Crippen LogP contribution is -2.13. The molecule has 0 bridgehead atoms. The first-order valence-corrected chi connectivity index (χ1v) is 11.8. The third kappa shape index (κ3) is 5.53. The number of carboxylic acids is 1. The molecular formula is C26H30N4O3. The topological polar surface area (TPSA) is 98.0 Å². The highest BCUT2D eigenvalue weighted by atomic mass is 16.4. The Morgan fingerprint density at radius 1 is 1.09 bits per heavy atom. The summed E-state index contributed by atoms with van der Waals surface area (Å²) in [6, 6.07) is 11.2. The van der Waals surface area contributed by atoms with Crippen LogP contribution in [0.25, 0.3) is 11.1 Å². The smallest absolute Gasteiger partial charge is 0.355 e. The predicted molar refractivity (Wildman–Crippen MR) is 125 cm³/mol. The molecule has 7 nitrogen and oxygen atoms in total. The number of nitrogens with zero attached hydrogens (tertiary/aromatic N) is 4. The van der Waals surface area contributed by atoms with Gasteiger partial charge in [0, 0.05) is 31.1 Å². The van der Waals surface area contributed by atoms with Crippen molar-refractivity contribution in [2.24, 2.45) is 5.92 Å². The molecule has 33 heavy (non-hydrogen) atoms. The minimum absolute atomic E-state index is 0.0362. The van der Waals surface area contributed by atoms with Crippen molar-refractivity contribution in [3.05, 3.63) is 65.5 Å². The van der Waals surface area contributed by atoms with E-state index in [1.807, 2.05) is 28.9 Å². The lowest BCUT2D eigenvalue weighted by atomic mass is 9.86. The average molecular weight is 447 g/mol. The first-order valence-electron chi connectivity index (χ1n) is 11.8. The van der Waals surface area contributed by atoms with Crippen molar-refractivity contribution in [3.8, 4) is 11.1 Å². The minimum Gasteiger partial charge on any atom is -0.476 e. The van der Waals surface area contributed by atoms with E-state index in [9.17, 15) is 14.7 Å². The van der Waals surface area contributed by atoms with Gasteiger partial charge in [-0.3, -0.25) is 4.79 Å². The fraction of sp³-hybridized carbons (Fsp3) is 0.423. The van der Waals surface area contributed by atoms with Gasteiger partial charge in [-0.05, 0) is 29.5 Å². The summed E-state index contributed by atoms with van der Waals surface area (Å²) >= 11 is 0. The summed E-state index contributed by atoms with van der Waals surface area (Å²) in [6.45, 7) is 2.80. The quantitative estimate of drug-likeness (QED) is 0.454. The zero-order valence-corrected chi connectivity index (χ0v) is 19.0. The van der Waals surface area contributed by atoms with Crippen LogP contribution in [0.15, 0.2) is 42.6 Å². The molecule has 1 aliphatic carbocycles. The van der Waals surface area contributed by atoms with Crippen LogP contribution in [0.2, 0.25) is 0 Å². The number of carbonyl (C=O) groups is 2. The Balaban J connectivity index is 1.51. The number of rotatable bonds is 9. The van der Waals surface area contributed by atoms with Crippen LogP contribution in [0.5, 0.6) is 0 Å². The Kier molecular flexibility index (Phi) is 7.27. The fourth-order valence-corrected chi connectivity index (χ4v) is 4.55. The van der Waals surface area contributed by atoms with Gasteiger partial charge >= 0.3 is 5.97 Å². The zero-order chi connectivity index (χ0) is 23.2. The van der Waals surface area contributed by atoms with Gasteiger partial charge in [0.25, 0.3) is 0 Å². The standard InChI is InChI=1S/C26H30N4O3/c1-2-15-30-23(28-25(29-30)22(31)16-18-7-4-3-5-8-18)17-19-10-12-20(13-11-19)21-9-6-14-27-24(21)26(32)33/h6,9-14,18H,2-5,7-8,15-17H2,1H3,(H,32,33). The van der Waals surface area contributed by atoms with Gasteiger partial charge in [0.2, 0.25) is 11.6 Å². The van der Waals surface area contributed by atoms with Gasteiger partial charge in [-0.1, -0.05) is 69.4 Å². The van der Waals surface area contributed by atoms with Crippen LogP contribution in [0.1, 0.15) is 84.4 Å². The Morgan fingerprint density at radius 2 is 1.85 bits per heavy atom. The highest BCUT2D eigenvalue weighted by Crippen LogP contribution is 2.27. The van der Waals surface area contributed by atoms with Crippen LogP contribution < -0.4 is 0 Å². The first kappa shape index (κ1) is 22.8. The van der Waals surface area contributed by atoms with Crippen molar-refractivity contribution in [2.45, 2.75) is 64.8 Å². The van der Waals surface area contributed by atoms with Crippen LogP contribution in [0, 0.1) is 5.92 Å². The Morgan fingerprint density at radius 3 is 2.55 bits per heavy atom. The molecule has 0 radical (unpaired) electrons. The second-order valence-corrected chi connectivity index (χ2v) is 8.78. The van der Waals surface area contributed by atoms with Crippen molar-refractivity contribution in [2.75, 3.05) is 0 Å². The van der Waals surface area contributed by atoms with E-state index >= 15 is 0 Å². The average Bonchev–Trinajstić information content (AvgIpc) is 3.23. The van der Waals surface area contributed by atoms with Crippen molar-refractivity contribution >= 4 is 11.8 Å². The van der Waals surface area contributed by atoms with Crippen LogP contribution in [0.3, 0.4) is 0 Å². The van der Waals surface area contributed by atoms with Crippen LogP contribution in [-0.4, -0.2) is 36.6 Å². The molecule has 1 saturated carbocycles. The molecule has 1 aliphatic rings. The summed E-state index contributed by atoms with van der Waals surface area (Å²) in [4.78, 5) is 32.9. The molecular weight excluding hydrogens is 416 g/mol. The van der Waals surface area contributed by atoms with E-state index < -0.39 is 5.97 Å². The van der Waals surface area contributed by atoms with E-state index in [0.29, 0.717) is 30.1 Å². The molecule has 0 aliphatic heterocycles. The number of hydrogen-bond donors (Lipinski definition) is 1. The lowest BCUT2D eigenvalue weighted by Gasteiger charge is -2.19. The summed E-state index contributed by atoms with van der Waals surface area (Å²) in [6.07, 6.45) is 9.44. The molecule has 3 aromatic rings. The molecule has 0 unspecified atom stereocenters. The summed E-state index contributed by atoms with van der Waals surface area (Å²) in [5, 5.41) is 13.9. The van der Waals surface area contributed by atoms with Gasteiger partial charge < -0.3 is 5.11 Å². The zero-order valence-electron chi connectivity index (χ0n) is 19.0. The fourth-order valence-electron chi connectivity index (χ4n) is 4.55. The van der Waals surface area contributed by atoms with Gasteiger partial charge in [-0.2, -0.15) is 0 Å². The summed E-state index contributed by atoms with van der Waals surface area (Å²) in [7, 11) is 0. The molecule has 0 spiro atoms. The molecule has 172 valence electrons. The molecule has 7 heteroatoms. The van der Waals surface area contributed by atoms with Gasteiger partial charge in [0.1, 0.15) is 5.82 Å². The van der Waals surface area contributed by atoms with Gasteiger partial charge in [-0.25, -0.2) is 19.4 Å². The molecule has 0 atom stereocenters. The van der Waals surface area contributed by atoms with Gasteiger partial charge in [0.05, 0.1) is 0 Å². The third-order valence-corrected chi connectivity index (χ3v) is 6.27. The summed E-state index contributed by atoms with van der Waals surface area (Å²) < 4.78 is 1.85. The van der Waals surface area contributed by atoms with E-state index in [1.54, 1.807) is 12.1 Å². The molecule has 1 aromatic carbocycles. The van der Waals surface area contributed by atoms with Gasteiger partial charge in [0.15, 0.2) is 5.69 Å². The molecule has 0 amide bonds. The number of benzene rings is 1. The molecule has 4 rings (SSSR count). The number of pyridine rings is 1. The van der Waals surface area contributed by atoms with E-state index in [-0.39, 0.29) is 11.5 Å².